The zero-order chi connectivity index (χ0) is 13.0. The number of nitrogens with two attached hydrogens (primary N) is 1. The van der Waals surface area contributed by atoms with Gasteiger partial charge in [-0.15, -0.1) is 0 Å². The van der Waals surface area contributed by atoms with E-state index in [1.54, 1.807) is 4.90 Å². The molecule has 0 aromatic heterocycles. The Balaban J connectivity index is 2.74. The largest absolute Gasteiger partial charge is 0.322 e. The standard InChI is InChI=1S/C13H23N3O/c1-4-10-5-6-11(8-14)16(10)13(17)12(15)7-9(2)3/h9-12H,4-7,15H2,1-3H3/t10-,11-,12-/m0/s1. The molecule has 0 spiro atoms. The Hall–Kier alpha value is -1.08. The number of nitrogens with zero attached hydrogens (tertiary/aromatic N) is 2. The molecule has 2 N–H and O–H groups in total. The topological polar surface area (TPSA) is 70.1 Å². The second kappa shape index (κ2) is 6.02. The van der Waals surface area contributed by atoms with Gasteiger partial charge in [0, 0.05) is 6.04 Å². The van der Waals surface area contributed by atoms with Gasteiger partial charge in [0.15, 0.2) is 0 Å². The minimum atomic E-state index is -0.460. The minimum Gasteiger partial charge on any atom is -0.322 e. The van der Waals surface area contributed by atoms with E-state index in [0.717, 1.165) is 19.3 Å². The first-order chi connectivity index (χ1) is 8.01. The van der Waals surface area contributed by atoms with E-state index < -0.39 is 6.04 Å². The summed E-state index contributed by atoms with van der Waals surface area (Å²) >= 11 is 0. The number of amides is 1. The van der Waals surface area contributed by atoms with Crippen molar-refractivity contribution in [3.8, 4) is 6.07 Å². The van der Waals surface area contributed by atoms with Crippen molar-refractivity contribution in [2.24, 2.45) is 11.7 Å². The van der Waals surface area contributed by atoms with Crippen molar-refractivity contribution in [2.75, 3.05) is 0 Å². The third-order valence-electron chi connectivity index (χ3n) is 3.42. The van der Waals surface area contributed by atoms with Crippen LogP contribution in [0.25, 0.3) is 0 Å². The van der Waals surface area contributed by atoms with Gasteiger partial charge in [0.25, 0.3) is 0 Å². The third-order valence-corrected chi connectivity index (χ3v) is 3.42. The van der Waals surface area contributed by atoms with Gasteiger partial charge in [-0.05, 0) is 31.6 Å². The van der Waals surface area contributed by atoms with Gasteiger partial charge in [-0.3, -0.25) is 4.79 Å². The lowest BCUT2D eigenvalue weighted by molar-refractivity contribution is -0.135. The predicted octanol–water partition coefficient (Wildman–Crippen LogP) is 1.65. The highest BCUT2D eigenvalue weighted by molar-refractivity contribution is 5.82. The van der Waals surface area contributed by atoms with Gasteiger partial charge < -0.3 is 10.6 Å². The Bertz CT molecular complexity index is 308. The van der Waals surface area contributed by atoms with E-state index in [0.29, 0.717) is 12.3 Å². The van der Waals surface area contributed by atoms with Crippen LogP contribution in [0.15, 0.2) is 0 Å². The molecule has 3 atom stereocenters. The van der Waals surface area contributed by atoms with Crippen LogP contribution >= 0.6 is 0 Å². The molecule has 96 valence electrons. The average Bonchev–Trinajstić information content (AvgIpc) is 2.69. The molecule has 0 aromatic carbocycles. The highest BCUT2D eigenvalue weighted by Crippen LogP contribution is 2.27. The van der Waals surface area contributed by atoms with E-state index >= 15 is 0 Å². The van der Waals surface area contributed by atoms with Crippen LogP contribution in [0.4, 0.5) is 0 Å². The summed E-state index contributed by atoms with van der Waals surface area (Å²) in [6.45, 7) is 6.16. The van der Waals surface area contributed by atoms with E-state index in [2.05, 4.69) is 26.8 Å². The van der Waals surface area contributed by atoms with Crippen molar-refractivity contribution < 1.29 is 4.79 Å². The molecule has 1 saturated heterocycles. The first kappa shape index (κ1) is 14.0. The summed E-state index contributed by atoms with van der Waals surface area (Å²) in [7, 11) is 0. The quantitative estimate of drug-likeness (QED) is 0.808. The number of carbonyl (C=O) groups excluding carboxylic acids is 1. The molecule has 4 heteroatoms. The van der Waals surface area contributed by atoms with Crippen molar-refractivity contribution in [2.45, 2.75) is 64.6 Å². The molecule has 0 saturated carbocycles. The number of nitriles is 1. The molecule has 0 unspecified atom stereocenters. The van der Waals surface area contributed by atoms with E-state index in [4.69, 9.17) is 11.0 Å². The van der Waals surface area contributed by atoms with Crippen molar-refractivity contribution >= 4 is 5.91 Å². The van der Waals surface area contributed by atoms with Crippen LogP contribution in [0, 0.1) is 17.2 Å². The maximum Gasteiger partial charge on any atom is 0.240 e. The van der Waals surface area contributed by atoms with Crippen molar-refractivity contribution in [3.05, 3.63) is 0 Å². The Morgan fingerprint density at radius 1 is 1.53 bits per heavy atom. The maximum atomic E-state index is 12.3. The summed E-state index contributed by atoms with van der Waals surface area (Å²) in [6.07, 6.45) is 3.30. The molecule has 1 fully saturated rings. The molecule has 4 nitrogen and oxygen atoms in total. The summed E-state index contributed by atoms with van der Waals surface area (Å²) in [5, 5.41) is 9.08. The van der Waals surface area contributed by atoms with E-state index in [-0.39, 0.29) is 18.0 Å². The van der Waals surface area contributed by atoms with E-state index in [1.165, 1.54) is 0 Å². The van der Waals surface area contributed by atoms with Crippen LogP contribution in [0.2, 0.25) is 0 Å². The third kappa shape index (κ3) is 3.19. The Labute approximate surface area is 104 Å². The van der Waals surface area contributed by atoms with Crippen LogP contribution in [0.1, 0.15) is 46.5 Å². The molecule has 1 aliphatic heterocycles. The fraction of sp³-hybridized carbons (Fsp3) is 0.846. The van der Waals surface area contributed by atoms with Crippen LogP contribution in [-0.2, 0) is 4.79 Å². The summed E-state index contributed by atoms with van der Waals surface area (Å²) in [5.41, 5.74) is 5.93. The predicted molar refractivity (Wildman–Crippen MR) is 67.0 cm³/mol. The van der Waals surface area contributed by atoms with Crippen molar-refractivity contribution in [3.63, 3.8) is 0 Å². The fourth-order valence-corrected chi connectivity index (χ4v) is 2.54. The van der Waals surface area contributed by atoms with E-state index in [9.17, 15) is 4.79 Å². The minimum absolute atomic E-state index is 0.0467. The Morgan fingerprint density at radius 3 is 2.65 bits per heavy atom. The zero-order valence-corrected chi connectivity index (χ0v) is 11.0. The van der Waals surface area contributed by atoms with Gasteiger partial charge in [0.2, 0.25) is 5.91 Å². The van der Waals surface area contributed by atoms with Crippen LogP contribution in [0.3, 0.4) is 0 Å². The fourth-order valence-electron chi connectivity index (χ4n) is 2.54. The monoisotopic (exact) mass is 237 g/mol. The van der Waals surface area contributed by atoms with Gasteiger partial charge in [-0.2, -0.15) is 5.26 Å². The maximum absolute atomic E-state index is 12.3. The smallest absolute Gasteiger partial charge is 0.240 e. The molecular formula is C13H23N3O. The van der Waals surface area contributed by atoms with Gasteiger partial charge in [-0.1, -0.05) is 20.8 Å². The number of hydrogen-bond donors (Lipinski definition) is 1. The summed E-state index contributed by atoms with van der Waals surface area (Å²) in [5.74, 6) is 0.353. The van der Waals surface area contributed by atoms with Crippen molar-refractivity contribution in [1.82, 2.24) is 4.90 Å². The highest BCUT2D eigenvalue weighted by atomic mass is 16.2. The van der Waals surface area contributed by atoms with Gasteiger partial charge in [0.1, 0.15) is 6.04 Å². The number of carbonyl (C=O) groups is 1. The first-order valence-electron chi connectivity index (χ1n) is 6.48. The second-order valence-corrected chi connectivity index (χ2v) is 5.27. The lowest BCUT2D eigenvalue weighted by atomic mass is 10.0. The second-order valence-electron chi connectivity index (χ2n) is 5.27. The Morgan fingerprint density at radius 2 is 2.18 bits per heavy atom. The molecule has 17 heavy (non-hydrogen) atoms. The molecule has 1 rings (SSSR count). The molecule has 0 aliphatic carbocycles. The molecule has 1 aliphatic rings. The Kier molecular flexibility index (Phi) is 4.95. The average molecular weight is 237 g/mol. The lowest BCUT2D eigenvalue weighted by Gasteiger charge is -2.29. The zero-order valence-electron chi connectivity index (χ0n) is 11.0. The van der Waals surface area contributed by atoms with Crippen LogP contribution in [0.5, 0.6) is 0 Å². The molecule has 0 aromatic rings. The van der Waals surface area contributed by atoms with Gasteiger partial charge in [-0.25, -0.2) is 0 Å². The van der Waals surface area contributed by atoms with E-state index in [1.807, 2.05) is 0 Å². The summed E-state index contributed by atoms with van der Waals surface area (Å²) < 4.78 is 0. The molecule has 0 radical (unpaired) electrons. The summed E-state index contributed by atoms with van der Waals surface area (Å²) in [4.78, 5) is 14.0. The number of rotatable bonds is 4. The van der Waals surface area contributed by atoms with Crippen LogP contribution in [-0.4, -0.2) is 28.9 Å². The number of likely N-dealkylation sites (tertiary alicyclic amines) is 1. The first-order valence-corrected chi connectivity index (χ1v) is 6.48. The van der Waals surface area contributed by atoms with Gasteiger partial charge in [0.05, 0.1) is 12.1 Å². The SMILES string of the molecule is CC[C@H]1CC[C@@H](C#N)N1C(=O)[C@@H](N)CC(C)C. The van der Waals surface area contributed by atoms with Crippen LogP contribution < -0.4 is 5.73 Å². The lowest BCUT2D eigenvalue weighted by Crippen LogP contribution is -2.49. The molecule has 0 bridgehead atoms. The normalized spacial score (nSPS) is 26.0. The molecule has 1 heterocycles. The highest BCUT2D eigenvalue weighted by Gasteiger charge is 2.37. The molecular weight excluding hydrogens is 214 g/mol. The van der Waals surface area contributed by atoms with Gasteiger partial charge >= 0.3 is 0 Å². The van der Waals surface area contributed by atoms with Crippen molar-refractivity contribution in [1.29, 1.82) is 5.26 Å². The number of hydrogen-bond acceptors (Lipinski definition) is 3. The molecule has 1 amide bonds. The summed E-state index contributed by atoms with van der Waals surface area (Å²) in [6, 6.07) is 1.68.